The molecule has 0 bridgehead atoms. The molecule has 2 amide bonds. The van der Waals surface area contributed by atoms with E-state index in [0.717, 1.165) is 28.9 Å². The lowest BCUT2D eigenvalue weighted by atomic mass is 9.73. The van der Waals surface area contributed by atoms with Crippen LogP contribution in [-0.4, -0.2) is 24.3 Å². The molecule has 27 heavy (non-hydrogen) atoms. The number of nitrogens with two attached hydrogens (primary N) is 1. The highest BCUT2D eigenvalue weighted by Gasteiger charge is 2.36. The zero-order valence-corrected chi connectivity index (χ0v) is 15.5. The smallest absolute Gasteiger partial charge is 0.449 e. The number of fused-ring (bicyclic) bond motifs is 1. The van der Waals surface area contributed by atoms with Crippen LogP contribution in [0.4, 0.5) is 21.0 Å². The lowest BCUT2D eigenvalue weighted by Crippen LogP contribution is -2.35. The predicted octanol–water partition coefficient (Wildman–Crippen LogP) is 3.99. The number of nitrogens with zero attached hydrogens (tertiary/aromatic N) is 1. The van der Waals surface area contributed by atoms with Crippen molar-refractivity contribution in [2.45, 2.75) is 26.3 Å². The van der Waals surface area contributed by atoms with Crippen LogP contribution in [0.5, 0.6) is 5.75 Å². The highest BCUT2D eigenvalue weighted by Crippen LogP contribution is 2.46. The molecule has 0 aliphatic carbocycles. The van der Waals surface area contributed by atoms with Gasteiger partial charge in [0.15, 0.2) is 0 Å². The zero-order valence-electron chi connectivity index (χ0n) is 15.5. The van der Waals surface area contributed by atoms with E-state index < -0.39 is 12.2 Å². The molecule has 1 atom stereocenters. The normalized spacial score (nSPS) is 17.4. The van der Waals surface area contributed by atoms with Crippen molar-refractivity contribution < 1.29 is 19.4 Å². The van der Waals surface area contributed by atoms with Gasteiger partial charge in [0, 0.05) is 18.4 Å². The minimum absolute atomic E-state index is 0.0115. The number of urea groups is 1. The zero-order chi connectivity index (χ0) is 19.8. The van der Waals surface area contributed by atoms with E-state index in [4.69, 9.17) is 15.6 Å². The second-order valence-electron chi connectivity index (χ2n) is 7.42. The standard InChI is InChI=1S/C20H23N3O4/c1-20(2)11-13-10-15(27-19(25)26)7-8-16(13)22-17(20)12-5-4-6-14(9-12)23(3)18(21)24/h4-10,17,22H,11H2,1-3H3,(H2,21,24)(H,25,26). The van der Waals surface area contributed by atoms with Gasteiger partial charge in [0.2, 0.25) is 0 Å². The minimum Gasteiger partial charge on any atom is -0.449 e. The van der Waals surface area contributed by atoms with Crippen LogP contribution in [0.3, 0.4) is 0 Å². The van der Waals surface area contributed by atoms with E-state index >= 15 is 0 Å². The second-order valence-corrected chi connectivity index (χ2v) is 7.42. The summed E-state index contributed by atoms with van der Waals surface area (Å²) in [5.41, 5.74) is 8.94. The van der Waals surface area contributed by atoms with E-state index in [-0.39, 0.29) is 11.5 Å². The molecule has 7 heteroatoms. The van der Waals surface area contributed by atoms with E-state index in [9.17, 15) is 9.59 Å². The Morgan fingerprint density at radius 3 is 2.67 bits per heavy atom. The van der Waals surface area contributed by atoms with Crippen LogP contribution >= 0.6 is 0 Å². The van der Waals surface area contributed by atoms with Crippen molar-refractivity contribution in [1.82, 2.24) is 0 Å². The first-order valence-electron chi connectivity index (χ1n) is 8.61. The summed E-state index contributed by atoms with van der Waals surface area (Å²) in [6.45, 7) is 4.28. The van der Waals surface area contributed by atoms with Crippen molar-refractivity contribution >= 4 is 23.6 Å². The van der Waals surface area contributed by atoms with Crippen molar-refractivity contribution in [3.8, 4) is 5.75 Å². The van der Waals surface area contributed by atoms with Gasteiger partial charge in [-0.05, 0) is 53.3 Å². The van der Waals surface area contributed by atoms with Crippen molar-refractivity contribution in [1.29, 1.82) is 0 Å². The quantitative estimate of drug-likeness (QED) is 0.560. The highest BCUT2D eigenvalue weighted by atomic mass is 16.7. The van der Waals surface area contributed by atoms with Crippen LogP contribution in [0.25, 0.3) is 0 Å². The van der Waals surface area contributed by atoms with Gasteiger partial charge < -0.3 is 20.9 Å². The molecule has 0 saturated carbocycles. The summed E-state index contributed by atoms with van der Waals surface area (Å²) in [7, 11) is 1.64. The molecule has 1 heterocycles. The minimum atomic E-state index is -1.33. The third kappa shape index (κ3) is 3.81. The van der Waals surface area contributed by atoms with E-state index in [1.165, 1.54) is 4.90 Å². The van der Waals surface area contributed by atoms with Gasteiger partial charge in [0.05, 0.1) is 6.04 Å². The van der Waals surface area contributed by atoms with E-state index in [2.05, 4.69) is 19.2 Å². The summed E-state index contributed by atoms with van der Waals surface area (Å²) >= 11 is 0. The first-order chi connectivity index (χ1) is 12.7. The number of carbonyl (C=O) groups excluding carboxylic acids is 1. The summed E-state index contributed by atoms with van der Waals surface area (Å²) < 4.78 is 4.76. The number of carboxylic acid groups (broad SMARTS) is 1. The number of carbonyl (C=O) groups is 2. The molecule has 0 spiro atoms. The Bertz CT molecular complexity index is 895. The SMILES string of the molecule is CN(C(N)=O)c1cccc(C2Nc3ccc(OC(=O)O)cc3CC2(C)C)c1. The molecule has 142 valence electrons. The Morgan fingerprint density at radius 2 is 2.00 bits per heavy atom. The molecule has 0 aromatic heterocycles. The van der Waals surface area contributed by atoms with Crippen molar-refractivity contribution in [2.24, 2.45) is 11.1 Å². The van der Waals surface area contributed by atoms with Gasteiger partial charge in [-0.1, -0.05) is 26.0 Å². The maximum absolute atomic E-state index is 11.5. The monoisotopic (exact) mass is 369 g/mol. The van der Waals surface area contributed by atoms with Gasteiger partial charge in [0.1, 0.15) is 5.75 Å². The molecule has 2 aromatic rings. The van der Waals surface area contributed by atoms with Crippen LogP contribution < -0.4 is 20.7 Å². The number of nitrogens with one attached hydrogen (secondary N) is 1. The van der Waals surface area contributed by atoms with E-state index in [1.807, 2.05) is 30.3 Å². The molecule has 7 nitrogen and oxygen atoms in total. The Morgan fingerprint density at radius 1 is 1.26 bits per heavy atom. The fourth-order valence-corrected chi connectivity index (χ4v) is 3.54. The first-order valence-corrected chi connectivity index (χ1v) is 8.61. The summed E-state index contributed by atoms with van der Waals surface area (Å²) in [5, 5.41) is 12.3. The van der Waals surface area contributed by atoms with E-state index in [0.29, 0.717) is 5.75 Å². The van der Waals surface area contributed by atoms with Crippen LogP contribution in [0.1, 0.15) is 31.0 Å². The first kappa shape index (κ1) is 18.6. The lowest BCUT2D eigenvalue weighted by Gasteiger charge is -2.41. The van der Waals surface area contributed by atoms with Crippen LogP contribution in [0.15, 0.2) is 42.5 Å². The summed E-state index contributed by atoms with van der Waals surface area (Å²) in [6.07, 6.45) is -0.585. The molecule has 3 rings (SSSR count). The van der Waals surface area contributed by atoms with Crippen molar-refractivity contribution in [3.05, 3.63) is 53.6 Å². The van der Waals surface area contributed by atoms with Crippen molar-refractivity contribution in [3.63, 3.8) is 0 Å². The van der Waals surface area contributed by atoms with Crippen LogP contribution in [0, 0.1) is 5.41 Å². The topological polar surface area (TPSA) is 105 Å². The van der Waals surface area contributed by atoms with E-state index in [1.54, 1.807) is 19.2 Å². The molecule has 2 aromatic carbocycles. The Kier molecular flexibility index (Phi) is 4.70. The number of benzene rings is 2. The summed E-state index contributed by atoms with van der Waals surface area (Å²) in [5.74, 6) is 0.308. The molecule has 1 aliphatic rings. The number of primary amides is 1. The number of rotatable bonds is 3. The number of hydrogen-bond acceptors (Lipinski definition) is 4. The summed E-state index contributed by atoms with van der Waals surface area (Å²) in [4.78, 5) is 23.6. The third-order valence-electron chi connectivity index (χ3n) is 4.93. The van der Waals surface area contributed by atoms with Gasteiger partial charge >= 0.3 is 12.2 Å². The maximum Gasteiger partial charge on any atom is 0.511 e. The average molecular weight is 369 g/mol. The molecular formula is C20H23N3O4. The lowest BCUT2D eigenvalue weighted by molar-refractivity contribution is 0.144. The fraction of sp³-hybridized carbons (Fsp3) is 0.300. The molecule has 1 unspecified atom stereocenters. The van der Waals surface area contributed by atoms with Crippen LogP contribution in [0.2, 0.25) is 0 Å². The largest absolute Gasteiger partial charge is 0.511 e. The molecule has 0 saturated heterocycles. The fourth-order valence-electron chi connectivity index (χ4n) is 3.54. The molecule has 0 fully saturated rings. The number of hydrogen-bond donors (Lipinski definition) is 3. The molecular weight excluding hydrogens is 346 g/mol. The van der Waals surface area contributed by atoms with Gasteiger partial charge in [-0.2, -0.15) is 0 Å². The van der Waals surface area contributed by atoms with Gasteiger partial charge in [-0.15, -0.1) is 0 Å². The highest BCUT2D eigenvalue weighted by molar-refractivity contribution is 5.90. The third-order valence-corrected chi connectivity index (χ3v) is 4.93. The summed E-state index contributed by atoms with van der Waals surface area (Å²) in [6, 6.07) is 12.4. The van der Waals surface area contributed by atoms with Crippen LogP contribution in [-0.2, 0) is 6.42 Å². The molecule has 0 radical (unpaired) electrons. The second kappa shape index (κ2) is 6.83. The molecule has 4 N–H and O–H groups in total. The van der Waals surface area contributed by atoms with Gasteiger partial charge in [0.25, 0.3) is 0 Å². The number of anilines is 2. The van der Waals surface area contributed by atoms with Gasteiger partial charge in [-0.3, -0.25) is 4.90 Å². The Balaban J connectivity index is 1.93. The maximum atomic E-state index is 11.5. The van der Waals surface area contributed by atoms with Gasteiger partial charge in [-0.25, -0.2) is 9.59 Å². The van der Waals surface area contributed by atoms with Crippen molar-refractivity contribution in [2.75, 3.05) is 17.3 Å². The number of ether oxygens (including phenoxy) is 1. The number of amides is 2. The average Bonchev–Trinajstić information content (AvgIpc) is 2.59. The Labute approximate surface area is 157 Å². The predicted molar refractivity (Wildman–Crippen MR) is 103 cm³/mol. The molecule has 1 aliphatic heterocycles. The Hall–Kier alpha value is -3.22.